The lowest BCUT2D eigenvalue weighted by atomic mass is 10.0. The van der Waals surface area contributed by atoms with Gasteiger partial charge < -0.3 is 15.3 Å². The zero-order valence-electron chi connectivity index (χ0n) is 11.9. The molecule has 0 radical (unpaired) electrons. The molecule has 3 aliphatic rings. The highest BCUT2D eigenvalue weighted by molar-refractivity contribution is 5.89. The third kappa shape index (κ3) is 3.14. The van der Waals surface area contributed by atoms with E-state index >= 15 is 0 Å². The van der Waals surface area contributed by atoms with Crippen LogP contribution in [-0.2, 0) is 9.59 Å². The topological polar surface area (TPSA) is 69.6 Å². The fourth-order valence-electron chi connectivity index (χ4n) is 3.08. The number of nitrogens with zero attached hydrogens (tertiary/aromatic N) is 1. The van der Waals surface area contributed by atoms with E-state index in [0.717, 1.165) is 25.8 Å². The summed E-state index contributed by atoms with van der Waals surface area (Å²) in [6.07, 6.45) is 5.77. The molecule has 20 heavy (non-hydrogen) atoms. The van der Waals surface area contributed by atoms with Crippen molar-refractivity contribution in [2.75, 3.05) is 26.2 Å². The lowest BCUT2D eigenvalue weighted by molar-refractivity contribution is -0.129. The van der Waals surface area contributed by atoms with Crippen molar-refractivity contribution < 1.29 is 14.7 Å². The summed E-state index contributed by atoms with van der Waals surface area (Å²) >= 11 is 0. The van der Waals surface area contributed by atoms with Crippen molar-refractivity contribution in [3.05, 3.63) is 0 Å². The molecular formula is C15H24N2O3. The van der Waals surface area contributed by atoms with Crippen LogP contribution in [0.2, 0.25) is 0 Å². The normalized spacial score (nSPS) is 27.8. The molecular weight excluding hydrogens is 256 g/mol. The minimum atomic E-state index is -0.175. The number of aliphatic hydroxyl groups excluding tert-OH is 1. The van der Waals surface area contributed by atoms with Crippen molar-refractivity contribution in [3.8, 4) is 0 Å². The second-order valence-electron chi connectivity index (χ2n) is 6.83. The van der Waals surface area contributed by atoms with Gasteiger partial charge in [-0.1, -0.05) is 0 Å². The Kier molecular flexibility index (Phi) is 3.71. The van der Waals surface area contributed by atoms with Crippen LogP contribution in [0.1, 0.15) is 38.5 Å². The highest BCUT2D eigenvalue weighted by Crippen LogP contribution is 2.47. The number of carbonyl (C=O) groups is 2. The highest BCUT2D eigenvalue weighted by atomic mass is 16.3. The van der Waals surface area contributed by atoms with Crippen LogP contribution >= 0.6 is 0 Å². The molecule has 112 valence electrons. The average Bonchev–Trinajstić information content (AvgIpc) is 3.32. The van der Waals surface area contributed by atoms with Crippen LogP contribution in [-0.4, -0.2) is 48.1 Å². The van der Waals surface area contributed by atoms with Crippen molar-refractivity contribution in [2.45, 2.75) is 38.5 Å². The number of rotatable bonds is 7. The maximum atomic E-state index is 12.2. The summed E-state index contributed by atoms with van der Waals surface area (Å²) in [5.41, 5.74) is 0.140. The number of likely N-dealkylation sites (tertiary alicyclic amines) is 1. The first-order valence-corrected chi connectivity index (χ1v) is 7.78. The molecule has 5 heteroatoms. The Bertz CT molecular complexity index is 402. The molecule has 0 spiro atoms. The van der Waals surface area contributed by atoms with Gasteiger partial charge in [0, 0.05) is 32.7 Å². The lowest BCUT2D eigenvalue weighted by Gasteiger charge is -2.18. The Morgan fingerprint density at radius 3 is 2.75 bits per heavy atom. The van der Waals surface area contributed by atoms with E-state index in [1.165, 1.54) is 12.8 Å². The summed E-state index contributed by atoms with van der Waals surface area (Å²) < 4.78 is 0. The van der Waals surface area contributed by atoms with Gasteiger partial charge >= 0.3 is 0 Å². The van der Waals surface area contributed by atoms with Crippen LogP contribution in [0.5, 0.6) is 0 Å². The van der Waals surface area contributed by atoms with Gasteiger partial charge in [0.1, 0.15) is 0 Å². The molecule has 1 unspecified atom stereocenters. The second-order valence-corrected chi connectivity index (χ2v) is 6.83. The second kappa shape index (κ2) is 5.35. The Hall–Kier alpha value is -1.10. The number of hydrogen-bond donors (Lipinski definition) is 2. The molecule has 1 heterocycles. The highest BCUT2D eigenvalue weighted by Gasteiger charge is 2.43. The molecule has 3 fully saturated rings. The first-order valence-electron chi connectivity index (χ1n) is 7.78. The molecule has 0 aromatic rings. The summed E-state index contributed by atoms with van der Waals surface area (Å²) in [6.45, 7) is 2.28. The van der Waals surface area contributed by atoms with Crippen molar-refractivity contribution in [1.29, 1.82) is 0 Å². The lowest BCUT2D eigenvalue weighted by Crippen LogP contribution is -2.37. The van der Waals surface area contributed by atoms with Gasteiger partial charge in [0.25, 0.3) is 0 Å². The fourth-order valence-corrected chi connectivity index (χ4v) is 3.08. The van der Waals surface area contributed by atoms with Gasteiger partial charge in [0.2, 0.25) is 11.8 Å². The van der Waals surface area contributed by atoms with Crippen LogP contribution in [0.15, 0.2) is 0 Å². The molecule has 0 aromatic heterocycles. The molecule has 5 nitrogen and oxygen atoms in total. The third-order valence-electron chi connectivity index (χ3n) is 5.00. The van der Waals surface area contributed by atoms with Gasteiger partial charge in [0.05, 0.1) is 5.92 Å². The van der Waals surface area contributed by atoms with Crippen LogP contribution in [0.4, 0.5) is 0 Å². The molecule has 2 N–H and O–H groups in total. The van der Waals surface area contributed by atoms with Crippen molar-refractivity contribution >= 4 is 11.8 Å². The maximum absolute atomic E-state index is 12.2. The van der Waals surface area contributed by atoms with Crippen molar-refractivity contribution in [3.63, 3.8) is 0 Å². The van der Waals surface area contributed by atoms with Crippen LogP contribution < -0.4 is 5.32 Å². The molecule has 0 aromatic carbocycles. The van der Waals surface area contributed by atoms with Crippen LogP contribution in [0, 0.1) is 17.3 Å². The monoisotopic (exact) mass is 280 g/mol. The SMILES string of the molecule is O=C(NCC1(CCO)CC1)C1CC(=O)N(CC2CC2)C1. The molecule has 1 saturated heterocycles. The van der Waals surface area contributed by atoms with Crippen LogP contribution in [0.3, 0.4) is 0 Å². The van der Waals surface area contributed by atoms with E-state index in [9.17, 15) is 9.59 Å². The molecule has 2 saturated carbocycles. The maximum Gasteiger partial charge on any atom is 0.225 e. The van der Waals surface area contributed by atoms with Gasteiger partial charge in [-0.25, -0.2) is 0 Å². The summed E-state index contributed by atoms with van der Waals surface area (Å²) in [4.78, 5) is 25.9. The first kappa shape index (κ1) is 13.9. The number of hydrogen-bond acceptors (Lipinski definition) is 3. The molecule has 2 aliphatic carbocycles. The Morgan fingerprint density at radius 2 is 2.15 bits per heavy atom. The van der Waals surface area contributed by atoms with Gasteiger partial charge in [-0.15, -0.1) is 0 Å². The Balaban J connectivity index is 1.44. The molecule has 0 bridgehead atoms. The van der Waals surface area contributed by atoms with Gasteiger partial charge in [-0.3, -0.25) is 9.59 Å². The Labute approximate surface area is 119 Å². The first-order chi connectivity index (χ1) is 9.62. The molecule has 1 aliphatic heterocycles. The van der Waals surface area contributed by atoms with E-state index in [4.69, 9.17) is 5.11 Å². The predicted molar refractivity (Wildman–Crippen MR) is 73.8 cm³/mol. The van der Waals surface area contributed by atoms with E-state index in [2.05, 4.69) is 5.32 Å². The summed E-state index contributed by atoms with van der Waals surface area (Å²) in [7, 11) is 0. The zero-order chi connectivity index (χ0) is 14.2. The standard InChI is InChI=1S/C15H24N2O3/c18-6-5-15(3-4-15)10-16-14(20)12-7-13(19)17(9-12)8-11-1-2-11/h11-12,18H,1-10H2,(H,16,20). The number of nitrogens with one attached hydrogen (secondary N) is 1. The molecule has 1 atom stereocenters. The van der Waals surface area contributed by atoms with Crippen LogP contribution in [0.25, 0.3) is 0 Å². The van der Waals surface area contributed by atoms with Crippen molar-refractivity contribution in [1.82, 2.24) is 10.2 Å². The quantitative estimate of drug-likeness (QED) is 0.714. The van der Waals surface area contributed by atoms with Gasteiger partial charge in [-0.2, -0.15) is 0 Å². The average molecular weight is 280 g/mol. The summed E-state index contributed by atoms with van der Waals surface area (Å²) in [5.74, 6) is 0.653. The largest absolute Gasteiger partial charge is 0.396 e. The van der Waals surface area contributed by atoms with E-state index in [0.29, 0.717) is 25.4 Å². The fraction of sp³-hybridized carbons (Fsp3) is 0.867. The summed E-state index contributed by atoms with van der Waals surface area (Å²) in [5, 5.41) is 12.0. The number of aliphatic hydroxyl groups is 1. The minimum absolute atomic E-state index is 0.0147. The zero-order valence-corrected chi connectivity index (χ0v) is 11.9. The minimum Gasteiger partial charge on any atom is -0.396 e. The predicted octanol–water partition coefficient (Wildman–Crippen LogP) is 0.524. The number of amides is 2. The van der Waals surface area contributed by atoms with E-state index in [1.807, 2.05) is 4.90 Å². The smallest absolute Gasteiger partial charge is 0.225 e. The van der Waals surface area contributed by atoms with Gasteiger partial charge in [0.15, 0.2) is 0 Å². The van der Waals surface area contributed by atoms with Crippen molar-refractivity contribution in [2.24, 2.45) is 17.3 Å². The molecule has 3 rings (SSSR count). The Morgan fingerprint density at radius 1 is 1.40 bits per heavy atom. The van der Waals surface area contributed by atoms with E-state index < -0.39 is 0 Å². The summed E-state index contributed by atoms with van der Waals surface area (Å²) in [6, 6.07) is 0. The van der Waals surface area contributed by atoms with Gasteiger partial charge in [-0.05, 0) is 43.4 Å². The molecule has 2 amide bonds. The van der Waals surface area contributed by atoms with E-state index in [-0.39, 0.29) is 29.8 Å². The third-order valence-corrected chi connectivity index (χ3v) is 5.00. The van der Waals surface area contributed by atoms with E-state index in [1.54, 1.807) is 0 Å². The number of carbonyl (C=O) groups excluding carboxylic acids is 2.